The number of benzene rings is 1. The molecule has 0 radical (unpaired) electrons. The zero-order valence-corrected chi connectivity index (χ0v) is 14.6. The van der Waals surface area contributed by atoms with E-state index in [0.29, 0.717) is 11.0 Å². The van der Waals surface area contributed by atoms with Gasteiger partial charge in [-0.3, -0.25) is 0 Å². The van der Waals surface area contributed by atoms with Crippen molar-refractivity contribution in [1.82, 2.24) is 15.0 Å². The number of hydrogen-bond donors (Lipinski definition) is 1. The minimum absolute atomic E-state index is 0.0623. The van der Waals surface area contributed by atoms with Crippen LogP contribution in [0.3, 0.4) is 0 Å². The molecule has 0 bridgehead atoms. The Hall–Kier alpha value is -2.69. The molecule has 0 amide bonds. The first kappa shape index (κ1) is 16.2. The van der Waals surface area contributed by atoms with Crippen LogP contribution in [0.25, 0.3) is 21.7 Å². The Balaban J connectivity index is 2.13. The molecule has 0 saturated carbocycles. The standard InChI is InChI=1S/C16H13ClN6S/c1-23(2)16-21-14(20-15(19)22-16)9(8-18)7-12-13(17)10-5-3-4-6-11(10)24-12/h3-7H,1-2H3,(H2,19,20,21,22)/b9-7+. The number of aromatic nitrogens is 3. The molecule has 24 heavy (non-hydrogen) atoms. The van der Waals surface area contributed by atoms with Gasteiger partial charge in [0, 0.05) is 29.1 Å². The predicted octanol–water partition coefficient (Wildman–Crippen LogP) is 3.45. The van der Waals surface area contributed by atoms with Crippen LogP contribution in [0, 0.1) is 11.3 Å². The average molecular weight is 357 g/mol. The van der Waals surface area contributed by atoms with E-state index in [2.05, 4.69) is 21.0 Å². The Bertz CT molecular complexity index is 986. The van der Waals surface area contributed by atoms with Crippen molar-refractivity contribution >= 4 is 56.6 Å². The summed E-state index contributed by atoms with van der Waals surface area (Å²) in [5, 5.41) is 11.1. The van der Waals surface area contributed by atoms with Gasteiger partial charge in [0.1, 0.15) is 6.07 Å². The van der Waals surface area contributed by atoms with Gasteiger partial charge in [0.25, 0.3) is 0 Å². The van der Waals surface area contributed by atoms with E-state index in [1.54, 1.807) is 25.1 Å². The van der Waals surface area contributed by atoms with Crippen LogP contribution in [0.2, 0.25) is 5.02 Å². The lowest BCUT2D eigenvalue weighted by Gasteiger charge is -2.10. The van der Waals surface area contributed by atoms with Gasteiger partial charge in [-0.25, -0.2) is 0 Å². The first-order valence-corrected chi connectivity index (χ1v) is 8.17. The fourth-order valence-corrected chi connectivity index (χ4v) is 3.54. The van der Waals surface area contributed by atoms with E-state index in [9.17, 15) is 5.26 Å². The molecule has 120 valence electrons. The third kappa shape index (κ3) is 3.02. The summed E-state index contributed by atoms with van der Waals surface area (Å²) in [5.74, 6) is 0.676. The summed E-state index contributed by atoms with van der Waals surface area (Å²) >= 11 is 7.93. The van der Waals surface area contributed by atoms with E-state index in [1.165, 1.54) is 11.3 Å². The highest BCUT2D eigenvalue weighted by atomic mass is 35.5. The van der Waals surface area contributed by atoms with Crippen molar-refractivity contribution in [3.63, 3.8) is 0 Å². The quantitative estimate of drug-likeness (QED) is 0.722. The molecule has 3 rings (SSSR count). The number of allylic oxidation sites excluding steroid dienone is 1. The Morgan fingerprint density at radius 3 is 2.71 bits per heavy atom. The summed E-state index contributed by atoms with van der Waals surface area (Å²) in [6.45, 7) is 0. The minimum atomic E-state index is 0.0623. The molecule has 0 fully saturated rings. The molecule has 0 atom stereocenters. The number of nitrogen functional groups attached to an aromatic ring is 1. The molecule has 0 aliphatic rings. The number of nitrogens with zero attached hydrogens (tertiary/aromatic N) is 5. The molecule has 2 aromatic heterocycles. The molecule has 3 aromatic rings. The largest absolute Gasteiger partial charge is 0.368 e. The molecule has 8 heteroatoms. The lowest BCUT2D eigenvalue weighted by molar-refractivity contribution is 0.952. The van der Waals surface area contributed by atoms with Gasteiger partial charge in [0.05, 0.1) is 10.6 Å². The monoisotopic (exact) mass is 356 g/mol. The number of anilines is 2. The van der Waals surface area contributed by atoms with Crippen LogP contribution in [0.4, 0.5) is 11.9 Å². The molecule has 2 heterocycles. The summed E-state index contributed by atoms with van der Waals surface area (Å²) in [6, 6.07) is 9.92. The zero-order chi connectivity index (χ0) is 17.3. The molecule has 0 spiro atoms. The normalized spacial score (nSPS) is 11.5. The van der Waals surface area contributed by atoms with E-state index in [4.69, 9.17) is 17.3 Å². The van der Waals surface area contributed by atoms with Gasteiger partial charge < -0.3 is 10.6 Å². The topological polar surface area (TPSA) is 91.7 Å². The molecule has 6 nitrogen and oxygen atoms in total. The second-order valence-corrected chi connectivity index (χ2v) is 6.62. The third-order valence-corrected chi connectivity index (χ3v) is 4.87. The Morgan fingerprint density at radius 1 is 1.29 bits per heavy atom. The Kier molecular flexibility index (Phi) is 4.34. The third-order valence-electron chi connectivity index (χ3n) is 3.24. The maximum absolute atomic E-state index is 9.52. The van der Waals surface area contributed by atoms with Gasteiger partial charge in [-0.1, -0.05) is 29.8 Å². The molecule has 0 unspecified atom stereocenters. The smallest absolute Gasteiger partial charge is 0.230 e. The highest BCUT2D eigenvalue weighted by molar-refractivity contribution is 7.20. The van der Waals surface area contributed by atoms with Crippen LogP contribution in [0.5, 0.6) is 0 Å². The van der Waals surface area contributed by atoms with Crippen molar-refractivity contribution in [2.24, 2.45) is 0 Å². The summed E-state index contributed by atoms with van der Waals surface area (Å²) in [6.07, 6.45) is 1.68. The van der Waals surface area contributed by atoms with E-state index in [-0.39, 0.29) is 17.3 Å². The van der Waals surface area contributed by atoms with E-state index in [1.807, 2.05) is 24.3 Å². The van der Waals surface area contributed by atoms with Gasteiger partial charge in [0.2, 0.25) is 11.9 Å². The number of hydrogen-bond acceptors (Lipinski definition) is 7. The van der Waals surface area contributed by atoms with Crippen molar-refractivity contribution in [2.75, 3.05) is 24.7 Å². The van der Waals surface area contributed by atoms with E-state index >= 15 is 0 Å². The first-order chi connectivity index (χ1) is 11.5. The first-order valence-electron chi connectivity index (χ1n) is 6.97. The molecule has 0 aliphatic carbocycles. The summed E-state index contributed by atoms with van der Waals surface area (Å²) < 4.78 is 1.05. The van der Waals surface area contributed by atoms with Crippen LogP contribution in [0.15, 0.2) is 24.3 Å². The lowest BCUT2D eigenvalue weighted by atomic mass is 10.2. The maximum Gasteiger partial charge on any atom is 0.230 e. The van der Waals surface area contributed by atoms with Crippen molar-refractivity contribution in [3.05, 3.63) is 40.0 Å². The highest BCUT2D eigenvalue weighted by Gasteiger charge is 2.14. The van der Waals surface area contributed by atoms with Gasteiger partial charge in [-0.2, -0.15) is 20.2 Å². The number of nitrogens with two attached hydrogens (primary N) is 1. The summed E-state index contributed by atoms with van der Waals surface area (Å²) in [7, 11) is 3.58. The van der Waals surface area contributed by atoms with E-state index < -0.39 is 0 Å². The van der Waals surface area contributed by atoms with Gasteiger partial charge in [-0.15, -0.1) is 11.3 Å². The number of nitriles is 1. The van der Waals surface area contributed by atoms with Crippen molar-refractivity contribution in [2.45, 2.75) is 0 Å². The SMILES string of the molecule is CN(C)c1nc(N)nc(/C(C#N)=C/c2sc3ccccc3c2Cl)n1. The van der Waals surface area contributed by atoms with Crippen LogP contribution in [0.1, 0.15) is 10.7 Å². The highest BCUT2D eigenvalue weighted by Crippen LogP contribution is 2.37. The fraction of sp³-hybridized carbons (Fsp3) is 0.125. The minimum Gasteiger partial charge on any atom is -0.368 e. The predicted molar refractivity (Wildman–Crippen MR) is 98.9 cm³/mol. The van der Waals surface area contributed by atoms with Gasteiger partial charge >= 0.3 is 0 Å². The molecule has 0 aliphatic heterocycles. The van der Waals surface area contributed by atoms with Crippen LogP contribution < -0.4 is 10.6 Å². The van der Waals surface area contributed by atoms with Crippen LogP contribution in [-0.2, 0) is 0 Å². The molecule has 1 aromatic carbocycles. The number of fused-ring (bicyclic) bond motifs is 1. The van der Waals surface area contributed by atoms with Crippen molar-refractivity contribution in [3.8, 4) is 6.07 Å². The molecular formula is C16H13ClN6S. The fourth-order valence-electron chi connectivity index (χ4n) is 2.10. The van der Waals surface area contributed by atoms with Crippen molar-refractivity contribution in [1.29, 1.82) is 5.26 Å². The molecule has 2 N–H and O–H groups in total. The second kappa shape index (κ2) is 6.43. The molecule has 0 saturated heterocycles. The summed E-state index contributed by atoms with van der Waals surface area (Å²) in [4.78, 5) is 14.9. The molecular weight excluding hydrogens is 344 g/mol. The second-order valence-electron chi connectivity index (χ2n) is 5.16. The lowest BCUT2D eigenvalue weighted by Crippen LogP contribution is -2.15. The Labute approximate surface area is 147 Å². The van der Waals surface area contributed by atoms with Gasteiger partial charge in [0.15, 0.2) is 5.82 Å². The number of thiophene rings is 1. The van der Waals surface area contributed by atoms with Crippen LogP contribution >= 0.6 is 22.9 Å². The van der Waals surface area contributed by atoms with Crippen LogP contribution in [-0.4, -0.2) is 29.0 Å². The summed E-state index contributed by atoms with van der Waals surface area (Å²) in [5.41, 5.74) is 6.00. The average Bonchev–Trinajstić information content (AvgIpc) is 2.88. The maximum atomic E-state index is 9.52. The number of halogens is 1. The number of rotatable bonds is 3. The van der Waals surface area contributed by atoms with Crippen molar-refractivity contribution < 1.29 is 0 Å². The van der Waals surface area contributed by atoms with Gasteiger partial charge in [-0.05, 0) is 12.1 Å². The van der Waals surface area contributed by atoms with E-state index in [0.717, 1.165) is 15.0 Å². The Morgan fingerprint density at radius 2 is 2.04 bits per heavy atom. The zero-order valence-electron chi connectivity index (χ0n) is 13.0.